The van der Waals surface area contributed by atoms with E-state index in [0.717, 1.165) is 24.0 Å². The minimum Gasteiger partial charge on any atom is -0.496 e. The van der Waals surface area contributed by atoms with E-state index in [1.165, 1.54) is 23.8 Å². The number of urea groups is 1. The molecule has 52 heavy (non-hydrogen) atoms. The minimum absolute atomic E-state index is 0.0248. The molecule has 2 N–H and O–H groups in total. The van der Waals surface area contributed by atoms with Crippen LogP contribution >= 0.6 is 0 Å². The lowest BCUT2D eigenvalue weighted by Crippen LogP contribution is -2.51. The number of hydrogen-bond acceptors (Lipinski definition) is 7. The molecule has 11 nitrogen and oxygen atoms in total. The van der Waals surface area contributed by atoms with Crippen molar-refractivity contribution in [3.8, 4) is 16.9 Å². The highest BCUT2D eigenvalue weighted by Gasteiger charge is 2.32. The average molecular weight is 719 g/mol. The molecule has 1 aromatic heterocycles. The highest BCUT2D eigenvalue weighted by Crippen LogP contribution is 2.34. The van der Waals surface area contributed by atoms with Crippen molar-refractivity contribution in [2.75, 3.05) is 45.7 Å². The Morgan fingerprint density at radius 2 is 1.67 bits per heavy atom. The van der Waals surface area contributed by atoms with Gasteiger partial charge >= 0.3 is 6.03 Å². The molecule has 0 spiro atoms. The Labute approximate surface area is 302 Å². The van der Waals surface area contributed by atoms with Crippen molar-refractivity contribution in [2.45, 2.75) is 76.9 Å². The monoisotopic (exact) mass is 718 g/mol. The summed E-state index contributed by atoms with van der Waals surface area (Å²) in [6, 6.07) is 7.68. The summed E-state index contributed by atoms with van der Waals surface area (Å²) in [6.07, 6.45) is 5.12. The first-order valence-electron chi connectivity index (χ1n) is 18.0. The topological polar surface area (TPSA) is 116 Å². The summed E-state index contributed by atoms with van der Waals surface area (Å²) < 4.78 is 38.1. The predicted octanol–water partition coefficient (Wildman–Crippen LogP) is 5.07. The van der Waals surface area contributed by atoms with Gasteiger partial charge in [-0.3, -0.25) is 24.6 Å². The standard InChI is InChI=1S/C39H48F2N6O5/c1-23-24(2)38(50)44(3)21-30(23)26-18-32(40)31(35(19-26)52-5)22-46-14-12-28(13-15-46)45(4)39(51)47-16-10-25(11-17-47)29-7-6-27(20-33(29)41)42-34-8-9-36(48)43-37(34)49/h6-7,18-21,25,28,34,42H,8-17,22H2,1-5H3,(H,43,48,49). The maximum Gasteiger partial charge on any atom is 0.319 e. The van der Waals surface area contributed by atoms with Crippen LogP contribution in [-0.4, -0.2) is 89.5 Å². The van der Waals surface area contributed by atoms with Crippen LogP contribution in [0.25, 0.3) is 11.1 Å². The zero-order valence-corrected chi connectivity index (χ0v) is 30.6. The summed E-state index contributed by atoms with van der Waals surface area (Å²) in [4.78, 5) is 55.3. The number of carbonyl (C=O) groups is 3. The Hall–Kier alpha value is -4.78. The van der Waals surface area contributed by atoms with Crippen LogP contribution in [0, 0.1) is 25.5 Å². The van der Waals surface area contributed by atoms with E-state index in [2.05, 4.69) is 15.5 Å². The van der Waals surface area contributed by atoms with Crippen molar-refractivity contribution < 1.29 is 27.9 Å². The van der Waals surface area contributed by atoms with E-state index in [-0.39, 0.29) is 47.5 Å². The van der Waals surface area contributed by atoms with Gasteiger partial charge in [0, 0.05) is 87.9 Å². The first-order valence-corrected chi connectivity index (χ1v) is 18.0. The van der Waals surface area contributed by atoms with Crippen molar-refractivity contribution in [1.29, 1.82) is 0 Å². The second-order valence-corrected chi connectivity index (χ2v) is 14.4. The van der Waals surface area contributed by atoms with Crippen LogP contribution in [0.4, 0.5) is 19.3 Å². The van der Waals surface area contributed by atoms with E-state index in [1.807, 2.05) is 29.8 Å². The molecular weight excluding hydrogens is 670 g/mol. The molecule has 4 amide bonds. The highest BCUT2D eigenvalue weighted by atomic mass is 19.1. The van der Waals surface area contributed by atoms with Gasteiger partial charge in [0.15, 0.2) is 0 Å². The number of imide groups is 1. The van der Waals surface area contributed by atoms with E-state index < -0.39 is 11.9 Å². The van der Waals surface area contributed by atoms with Crippen molar-refractivity contribution >= 4 is 23.5 Å². The molecule has 6 rings (SSSR count). The van der Waals surface area contributed by atoms with Gasteiger partial charge in [-0.05, 0) is 92.8 Å². The van der Waals surface area contributed by atoms with Crippen LogP contribution in [0.3, 0.4) is 0 Å². The summed E-state index contributed by atoms with van der Waals surface area (Å²) >= 11 is 0. The van der Waals surface area contributed by atoms with E-state index in [0.29, 0.717) is 85.7 Å². The van der Waals surface area contributed by atoms with Gasteiger partial charge in [0.25, 0.3) is 5.56 Å². The lowest BCUT2D eigenvalue weighted by molar-refractivity contribution is -0.133. The molecular formula is C39H48F2N6O5. The number of piperidine rings is 3. The zero-order chi connectivity index (χ0) is 37.3. The lowest BCUT2D eigenvalue weighted by atomic mass is 9.89. The third-order valence-corrected chi connectivity index (χ3v) is 11.2. The molecule has 3 fully saturated rings. The molecule has 13 heteroatoms. The van der Waals surface area contributed by atoms with Crippen LogP contribution in [-0.2, 0) is 23.2 Å². The third-order valence-electron chi connectivity index (χ3n) is 11.2. The molecule has 1 unspecified atom stereocenters. The quantitative estimate of drug-likeness (QED) is 0.313. The number of benzene rings is 2. The van der Waals surface area contributed by atoms with E-state index in [9.17, 15) is 19.2 Å². The molecule has 3 aromatic rings. The number of nitrogens with one attached hydrogen (secondary N) is 2. The number of aromatic nitrogens is 1. The fourth-order valence-electron chi connectivity index (χ4n) is 7.80. The van der Waals surface area contributed by atoms with Crippen molar-refractivity contribution in [2.24, 2.45) is 7.05 Å². The smallest absolute Gasteiger partial charge is 0.319 e. The lowest BCUT2D eigenvalue weighted by Gasteiger charge is -2.40. The summed E-state index contributed by atoms with van der Waals surface area (Å²) in [5.41, 5.74) is 4.35. The van der Waals surface area contributed by atoms with Crippen molar-refractivity contribution in [1.82, 2.24) is 24.6 Å². The number of carbonyl (C=O) groups excluding carboxylic acids is 3. The Kier molecular flexibility index (Phi) is 11.0. The number of likely N-dealkylation sites (tertiary alicyclic amines) is 2. The van der Waals surface area contributed by atoms with Crippen LogP contribution in [0.2, 0.25) is 0 Å². The van der Waals surface area contributed by atoms with Gasteiger partial charge in [0.05, 0.1) is 7.11 Å². The number of amides is 4. The minimum atomic E-state index is -0.584. The normalized spacial score (nSPS) is 19.1. The zero-order valence-electron chi connectivity index (χ0n) is 30.6. The van der Waals surface area contributed by atoms with E-state index >= 15 is 8.78 Å². The highest BCUT2D eigenvalue weighted by molar-refractivity contribution is 6.01. The Morgan fingerprint density at radius 3 is 2.33 bits per heavy atom. The fraction of sp³-hybridized carbons (Fsp3) is 0.487. The first-order chi connectivity index (χ1) is 24.8. The van der Waals surface area contributed by atoms with Gasteiger partial charge in [0.1, 0.15) is 23.4 Å². The number of ether oxygens (including phenoxy) is 1. The van der Waals surface area contributed by atoms with Gasteiger partial charge in [-0.15, -0.1) is 0 Å². The SMILES string of the molecule is COc1cc(-c2cn(C)c(=O)c(C)c2C)cc(F)c1CN1CCC(N(C)C(=O)N2CCC(c3ccc(NC4CCC(=O)NC4=O)cc3F)CC2)CC1. The second kappa shape index (κ2) is 15.4. The Bertz CT molecular complexity index is 1920. The van der Waals surface area contributed by atoms with Crippen LogP contribution in [0.15, 0.2) is 41.3 Å². The van der Waals surface area contributed by atoms with E-state index in [4.69, 9.17) is 4.74 Å². The van der Waals surface area contributed by atoms with Gasteiger partial charge < -0.3 is 24.4 Å². The number of aryl methyl sites for hydroxylation is 1. The van der Waals surface area contributed by atoms with Crippen LogP contribution in [0.1, 0.15) is 66.7 Å². The second-order valence-electron chi connectivity index (χ2n) is 14.4. The average Bonchev–Trinajstić information content (AvgIpc) is 3.14. The fourth-order valence-corrected chi connectivity index (χ4v) is 7.80. The van der Waals surface area contributed by atoms with Gasteiger partial charge in [-0.25, -0.2) is 13.6 Å². The van der Waals surface area contributed by atoms with Crippen molar-refractivity contribution in [3.05, 3.63) is 80.8 Å². The van der Waals surface area contributed by atoms with Crippen molar-refractivity contribution in [3.63, 3.8) is 0 Å². The molecule has 0 aliphatic carbocycles. The summed E-state index contributed by atoms with van der Waals surface area (Å²) in [5, 5.41) is 5.33. The molecule has 4 heterocycles. The first kappa shape index (κ1) is 37.0. The Balaban J connectivity index is 1.00. The number of pyridine rings is 1. The Morgan fingerprint density at radius 1 is 0.962 bits per heavy atom. The number of rotatable bonds is 8. The molecule has 3 aliphatic heterocycles. The largest absolute Gasteiger partial charge is 0.496 e. The number of anilines is 1. The number of methoxy groups -OCH3 is 1. The molecule has 0 saturated carbocycles. The molecule has 278 valence electrons. The molecule has 2 aromatic carbocycles. The summed E-state index contributed by atoms with van der Waals surface area (Å²) in [5.74, 6) is -0.991. The van der Waals surface area contributed by atoms with E-state index in [1.54, 1.807) is 32.3 Å². The maximum atomic E-state index is 15.7. The number of nitrogens with zero attached hydrogens (tertiary/aromatic N) is 4. The summed E-state index contributed by atoms with van der Waals surface area (Å²) in [7, 11) is 5.06. The third kappa shape index (κ3) is 7.69. The molecule has 0 radical (unpaired) electrons. The molecule has 0 bridgehead atoms. The van der Waals surface area contributed by atoms with Gasteiger partial charge in [0.2, 0.25) is 11.8 Å². The summed E-state index contributed by atoms with van der Waals surface area (Å²) in [6.45, 7) is 6.46. The van der Waals surface area contributed by atoms with Crippen LogP contribution < -0.4 is 20.9 Å². The number of halogens is 2. The molecule has 1 atom stereocenters. The molecule has 3 saturated heterocycles. The molecule has 3 aliphatic rings. The maximum absolute atomic E-state index is 15.7. The number of hydrogen-bond donors (Lipinski definition) is 2. The van der Waals surface area contributed by atoms with Gasteiger partial charge in [-0.2, -0.15) is 0 Å². The predicted molar refractivity (Wildman–Crippen MR) is 194 cm³/mol. The van der Waals surface area contributed by atoms with Crippen LogP contribution in [0.5, 0.6) is 5.75 Å². The van der Waals surface area contributed by atoms with Gasteiger partial charge in [-0.1, -0.05) is 6.07 Å².